The summed E-state index contributed by atoms with van der Waals surface area (Å²) in [7, 11) is 1.96. The predicted octanol–water partition coefficient (Wildman–Crippen LogP) is 3.86. The van der Waals surface area contributed by atoms with Gasteiger partial charge < -0.3 is 15.1 Å². The van der Waals surface area contributed by atoms with Gasteiger partial charge >= 0.3 is 0 Å². The number of nitrogens with zero attached hydrogens (tertiary/aromatic N) is 1. The molecule has 2 aromatic carbocycles. The molecule has 0 spiro atoms. The highest BCUT2D eigenvalue weighted by Crippen LogP contribution is 2.36. The van der Waals surface area contributed by atoms with E-state index in [4.69, 9.17) is 0 Å². The van der Waals surface area contributed by atoms with E-state index in [-0.39, 0.29) is 17.5 Å². The number of aromatic hydroxyl groups is 2. The Morgan fingerprint density at radius 3 is 2.05 bits per heavy atom. The molecule has 0 fully saturated rings. The van der Waals surface area contributed by atoms with E-state index in [0.29, 0.717) is 5.56 Å². The quantitative estimate of drug-likeness (QED) is 0.887. The molecule has 0 radical (unpaired) electrons. The fourth-order valence-electron chi connectivity index (χ4n) is 2.35. The van der Waals surface area contributed by atoms with Crippen LogP contribution in [0.3, 0.4) is 0 Å². The molecule has 1 atom stereocenters. The number of rotatable bonds is 4. The van der Waals surface area contributed by atoms with Crippen LogP contribution in [0.1, 0.15) is 31.0 Å². The first-order valence-electron chi connectivity index (χ1n) is 6.87. The molecule has 0 aliphatic heterocycles. The standard InChI is InChI=1S/C17H21NO2/c1-4-13-8-10-14(11-9-13)18(3)12(2)17-15(19)6-5-7-16(17)20/h5-12,19-20H,4H2,1-3H3. The van der Waals surface area contributed by atoms with E-state index in [1.165, 1.54) is 5.56 Å². The van der Waals surface area contributed by atoms with Crippen LogP contribution in [-0.4, -0.2) is 17.3 Å². The summed E-state index contributed by atoms with van der Waals surface area (Å²) in [5, 5.41) is 19.9. The summed E-state index contributed by atoms with van der Waals surface area (Å²) in [6, 6.07) is 13.0. The van der Waals surface area contributed by atoms with Crippen molar-refractivity contribution in [3.63, 3.8) is 0 Å². The SMILES string of the molecule is CCc1ccc(N(C)C(C)c2c(O)cccc2O)cc1. The van der Waals surface area contributed by atoms with Crippen molar-refractivity contribution in [2.75, 3.05) is 11.9 Å². The second-order valence-corrected chi connectivity index (χ2v) is 5.02. The smallest absolute Gasteiger partial charge is 0.124 e. The van der Waals surface area contributed by atoms with Gasteiger partial charge in [-0.05, 0) is 43.2 Å². The van der Waals surface area contributed by atoms with Crippen molar-refractivity contribution >= 4 is 5.69 Å². The molecule has 2 aromatic rings. The van der Waals surface area contributed by atoms with Crippen molar-refractivity contribution in [3.05, 3.63) is 53.6 Å². The van der Waals surface area contributed by atoms with Gasteiger partial charge in [0.05, 0.1) is 11.6 Å². The van der Waals surface area contributed by atoms with Crippen molar-refractivity contribution in [1.82, 2.24) is 0 Å². The molecule has 0 aliphatic carbocycles. The lowest BCUT2D eigenvalue weighted by molar-refractivity contribution is 0.430. The Kier molecular flexibility index (Phi) is 4.18. The fraction of sp³-hybridized carbons (Fsp3) is 0.294. The summed E-state index contributed by atoms with van der Waals surface area (Å²) in [6.45, 7) is 4.09. The second kappa shape index (κ2) is 5.87. The van der Waals surface area contributed by atoms with Crippen LogP contribution < -0.4 is 4.90 Å². The molecule has 20 heavy (non-hydrogen) atoms. The molecule has 0 heterocycles. The first kappa shape index (κ1) is 14.3. The summed E-state index contributed by atoms with van der Waals surface area (Å²) in [5.74, 6) is 0.240. The van der Waals surface area contributed by atoms with Crippen LogP contribution in [0.25, 0.3) is 0 Å². The van der Waals surface area contributed by atoms with Crippen molar-refractivity contribution in [1.29, 1.82) is 0 Å². The van der Waals surface area contributed by atoms with E-state index in [1.807, 2.05) is 18.9 Å². The molecule has 0 bridgehead atoms. The fourth-order valence-corrected chi connectivity index (χ4v) is 2.35. The molecule has 0 saturated heterocycles. The van der Waals surface area contributed by atoms with Crippen LogP contribution in [0.15, 0.2) is 42.5 Å². The maximum Gasteiger partial charge on any atom is 0.124 e. The number of phenolic OH excluding ortho intramolecular Hbond substituents is 2. The monoisotopic (exact) mass is 271 g/mol. The first-order valence-corrected chi connectivity index (χ1v) is 6.87. The number of phenols is 2. The molecule has 106 valence electrons. The Bertz CT molecular complexity index is 558. The van der Waals surface area contributed by atoms with Gasteiger partial charge in [0.1, 0.15) is 11.5 Å². The highest BCUT2D eigenvalue weighted by molar-refractivity contribution is 5.53. The van der Waals surface area contributed by atoms with Crippen LogP contribution in [0, 0.1) is 0 Å². The maximum absolute atomic E-state index is 9.95. The zero-order chi connectivity index (χ0) is 14.7. The Morgan fingerprint density at radius 1 is 1.00 bits per heavy atom. The molecule has 2 rings (SSSR count). The maximum atomic E-state index is 9.95. The van der Waals surface area contributed by atoms with Crippen molar-refractivity contribution in [3.8, 4) is 11.5 Å². The molecular weight excluding hydrogens is 250 g/mol. The molecule has 3 nitrogen and oxygen atoms in total. The van der Waals surface area contributed by atoms with Gasteiger partial charge in [-0.15, -0.1) is 0 Å². The van der Waals surface area contributed by atoms with E-state index < -0.39 is 0 Å². The van der Waals surface area contributed by atoms with E-state index in [9.17, 15) is 10.2 Å². The average Bonchev–Trinajstić information content (AvgIpc) is 2.46. The summed E-state index contributed by atoms with van der Waals surface area (Å²) < 4.78 is 0. The highest BCUT2D eigenvalue weighted by Gasteiger charge is 2.19. The lowest BCUT2D eigenvalue weighted by Gasteiger charge is -2.28. The zero-order valence-electron chi connectivity index (χ0n) is 12.2. The van der Waals surface area contributed by atoms with Crippen LogP contribution >= 0.6 is 0 Å². The number of hydrogen-bond donors (Lipinski definition) is 2. The topological polar surface area (TPSA) is 43.7 Å². The Labute approximate surface area is 120 Å². The molecule has 0 saturated carbocycles. The highest BCUT2D eigenvalue weighted by atomic mass is 16.3. The number of hydrogen-bond acceptors (Lipinski definition) is 3. The molecule has 0 aromatic heterocycles. The van der Waals surface area contributed by atoms with Gasteiger partial charge in [-0.25, -0.2) is 0 Å². The number of benzene rings is 2. The van der Waals surface area contributed by atoms with Crippen molar-refractivity contribution in [2.24, 2.45) is 0 Å². The molecule has 2 N–H and O–H groups in total. The summed E-state index contributed by atoms with van der Waals surface area (Å²) in [5.41, 5.74) is 2.90. The Hall–Kier alpha value is -2.16. The number of anilines is 1. The van der Waals surface area contributed by atoms with E-state index in [2.05, 4.69) is 31.2 Å². The average molecular weight is 271 g/mol. The Balaban J connectivity index is 2.29. The first-order chi connectivity index (χ1) is 9.54. The normalized spacial score (nSPS) is 12.2. The van der Waals surface area contributed by atoms with E-state index in [1.54, 1.807) is 18.2 Å². The minimum absolute atomic E-state index is 0.120. The third-order valence-corrected chi connectivity index (χ3v) is 3.81. The summed E-state index contributed by atoms with van der Waals surface area (Å²) in [4.78, 5) is 2.04. The van der Waals surface area contributed by atoms with Crippen LogP contribution in [-0.2, 0) is 6.42 Å². The molecule has 0 aliphatic rings. The number of aryl methyl sites for hydroxylation is 1. The summed E-state index contributed by atoms with van der Waals surface area (Å²) in [6.07, 6.45) is 1.01. The largest absolute Gasteiger partial charge is 0.507 e. The Morgan fingerprint density at radius 2 is 1.55 bits per heavy atom. The van der Waals surface area contributed by atoms with Gasteiger partial charge in [-0.3, -0.25) is 0 Å². The van der Waals surface area contributed by atoms with Gasteiger partial charge in [0.25, 0.3) is 0 Å². The predicted molar refractivity (Wildman–Crippen MR) is 82.4 cm³/mol. The molecule has 1 unspecified atom stereocenters. The zero-order valence-corrected chi connectivity index (χ0v) is 12.2. The lowest BCUT2D eigenvalue weighted by atomic mass is 10.0. The minimum atomic E-state index is -0.122. The lowest BCUT2D eigenvalue weighted by Crippen LogP contribution is -2.21. The van der Waals surface area contributed by atoms with Gasteiger partial charge in [-0.1, -0.05) is 25.1 Å². The summed E-state index contributed by atoms with van der Waals surface area (Å²) >= 11 is 0. The van der Waals surface area contributed by atoms with Crippen LogP contribution in [0.5, 0.6) is 11.5 Å². The molecule has 3 heteroatoms. The van der Waals surface area contributed by atoms with Gasteiger partial charge in [0.2, 0.25) is 0 Å². The minimum Gasteiger partial charge on any atom is -0.507 e. The molecular formula is C17H21NO2. The van der Waals surface area contributed by atoms with Crippen LogP contribution in [0.2, 0.25) is 0 Å². The second-order valence-electron chi connectivity index (χ2n) is 5.02. The third kappa shape index (κ3) is 2.72. The van der Waals surface area contributed by atoms with Gasteiger partial charge in [0, 0.05) is 12.7 Å². The third-order valence-electron chi connectivity index (χ3n) is 3.81. The van der Waals surface area contributed by atoms with Gasteiger partial charge in [0.15, 0.2) is 0 Å². The van der Waals surface area contributed by atoms with Crippen molar-refractivity contribution in [2.45, 2.75) is 26.3 Å². The van der Waals surface area contributed by atoms with E-state index >= 15 is 0 Å². The van der Waals surface area contributed by atoms with E-state index in [0.717, 1.165) is 12.1 Å². The van der Waals surface area contributed by atoms with Gasteiger partial charge in [-0.2, -0.15) is 0 Å². The van der Waals surface area contributed by atoms with Crippen LogP contribution in [0.4, 0.5) is 5.69 Å². The molecule has 0 amide bonds. The van der Waals surface area contributed by atoms with Crippen molar-refractivity contribution < 1.29 is 10.2 Å².